The van der Waals surface area contributed by atoms with Gasteiger partial charge in [0.15, 0.2) is 5.03 Å². The van der Waals surface area contributed by atoms with Gasteiger partial charge in [-0.3, -0.25) is 0 Å². The Morgan fingerprint density at radius 2 is 1.70 bits per heavy atom. The Kier molecular flexibility index (Phi) is 3.39. The molecule has 3 nitrogen and oxygen atoms in total. The molecule has 0 N–H and O–H groups in total. The minimum atomic E-state index is -1.33. The van der Waals surface area contributed by atoms with Gasteiger partial charge in [0.2, 0.25) is 0 Å². The van der Waals surface area contributed by atoms with Crippen molar-refractivity contribution in [3.8, 4) is 0 Å². The number of fused-ring (bicyclic) bond motifs is 2. The Balaban J connectivity index is 2.03. The second kappa shape index (κ2) is 5.56. The van der Waals surface area contributed by atoms with Crippen LogP contribution in [-0.4, -0.2) is 14.9 Å². The Hall–Kier alpha value is -2.59. The zero-order valence-electron chi connectivity index (χ0n) is 12.6. The van der Waals surface area contributed by atoms with E-state index in [0.717, 1.165) is 21.7 Å². The van der Waals surface area contributed by atoms with E-state index < -0.39 is 10.8 Å². The Labute approximate surface area is 137 Å². The lowest BCUT2D eigenvalue weighted by atomic mass is 10.0. The van der Waals surface area contributed by atoms with Crippen molar-refractivity contribution in [2.75, 3.05) is 0 Å². The predicted molar refractivity (Wildman–Crippen MR) is 91.8 cm³/mol. The van der Waals surface area contributed by atoms with Gasteiger partial charge in [0.05, 0.1) is 16.3 Å². The molecule has 23 heavy (non-hydrogen) atoms. The molecule has 1 unspecified atom stereocenters. The summed E-state index contributed by atoms with van der Waals surface area (Å²) in [6.45, 7) is 2.06. The van der Waals surface area contributed by atoms with Crippen LogP contribution in [0.3, 0.4) is 0 Å². The average Bonchev–Trinajstić information content (AvgIpc) is 2.72. The highest BCUT2D eigenvalue weighted by molar-refractivity contribution is 7.85. The molecule has 1 aliphatic heterocycles. The largest absolute Gasteiger partial charge is 0.247 e. The van der Waals surface area contributed by atoms with Crippen molar-refractivity contribution in [1.29, 1.82) is 0 Å². The van der Waals surface area contributed by atoms with Gasteiger partial charge in [-0.2, -0.15) is 0 Å². The van der Waals surface area contributed by atoms with Gasteiger partial charge in [-0.15, -0.1) is 0 Å². The first-order chi connectivity index (χ1) is 11.2. The van der Waals surface area contributed by atoms with Crippen molar-refractivity contribution in [3.05, 3.63) is 83.6 Å². The second-order valence-electron chi connectivity index (χ2n) is 5.42. The van der Waals surface area contributed by atoms with Crippen LogP contribution >= 0.6 is 0 Å². The van der Waals surface area contributed by atoms with Crippen molar-refractivity contribution >= 4 is 22.2 Å². The van der Waals surface area contributed by atoms with Crippen LogP contribution in [0.25, 0.3) is 0 Å². The number of hydrogen-bond acceptors (Lipinski definition) is 3. The number of benzene rings is 2. The summed E-state index contributed by atoms with van der Waals surface area (Å²) in [6, 6.07) is 19.6. The number of aryl methyl sites for hydroxylation is 1. The topological polar surface area (TPSA) is 42.3 Å². The summed E-state index contributed by atoms with van der Waals surface area (Å²) in [7, 11) is -1.33. The van der Waals surface area contributed by atoms with E-state index in [1.165, 1.54) is 5.56 Å². The normalized spacial score (nSPS) is 16.0. The number of hydrogen-bond donors (Lipinski definition) is 0. The fourth-order valence-electron chi connectivity index (χ4n) is 2.65. The summed E-state index contributed by atoms with van der Waals surface area (Å²) in [4.78, 5) is 9.84. The van der Waals surface area contributed by atoms with Crippen LogP contribution in [0.4, 0.5) is 5.69 Å². The minimum Gasteiger partial charge on any atom is -0.247 e. The van der Waals surface area contributed by atoms with E-state index in [1.807, 2.05) is 36.4 Å². The van der Waals surface area contributed by atoms with E-state index in [4.69, 9.17) is 4.99 Å². The summed E-state index contributed by atoms with van der Waals surface area (Å²) in [6.07, 6.45) is 1.66. The maximum absolute atomic E-state index is 12.9. The molecular weight excluding hydrogens is 304 g/mol. The van der Waals surface area contributed by atoms with Gasteiger partial charge >= 0.3 is 0 Å². The van der Waals surface area contributed by atoms with Crippen LogP contribution in [0, 0.1) is 6.92 Å². The molecule has 0 fully saturated rings. The molecule has 112 valence electrons. The van der Waals surface area contributed by atoms with Gasteiger partial charge in [0.25, 0.3) is 0 Å². The van der Waals surface area contributed by atoms with Gasteiger partial charge in [-0.05, 0) is 25.1 Å². The molecule has 3 aromatic rings. The smallest absolute Gasteiger partial charge is 0.157 e. The van der Waals surface area contributed by atoms with Gasteiger partial charge in [-0.25, -0.2) is 14.2 Å². The van der Waals surface area contributed by atoms with E-state index in [1.54, 1.807) is 6.20 Å². The highest BCUT2D eigenvalue weighted by atomic mass is 32.2. The molecule has 4 rings (SSSR count). The van der Waals surface area contributed by atoms with Crippen molar-refractivity contribution < 1.29 is 4.21 Å². The lowest BCUT2D eigenvalue weighted by Crippen LogP contribution is -2.06. The van der Waals surface area contributed by atoms with Gasteiger partial charge in [0.1, 0.15) is 10.8 Å². The molecule has 0 aliphatic carbocycles. The fourth-order valence-corrected chi connectivity index (χ4v) is 3.89. The standard InChI is InChI=1S/C19H14N2OS/c1-13-8-10-14(11-9-13)18-15-5-2-3-7-17(15)23(22)19-16(21-18)6-4-12-20-19/h2-12H,1H3. The molecule has 0 bridgehead atoms. The first kappa shape index (κ1) is 14.0. The Morgan fingerprint density at radius 3 is 2.52 bits per heavy atom. The zero-order chi connectivity index (χ0) is 15.8. The number of nitrogens with zero attached hydrogens (tertiary/aromatic N) is 2. The van der Waals surface area contributed by atoms with E-state index >= 15 is 0 Å². The number of aromatic nitrogens is 1. The highest BCUT2D eigenvalue weighted by Gasteiger charge is 2.23. The molecule has 0 radical (unpaired) electrons. The molecule has 4 heteroatoms. The molecular formula is C19H14N2OS. The molecule has 2 aromatic carbocycles. The summed E-state index contributed by atoms with van der Waals surface area (Å²) < 4.78 is 12.9. The molecule has 0 spiro atoms. The summed E-state index contributed by atoms with van der Waals surface area (Å²) in [5.41, 5.74) is 4.60. The molecule has 1 atom stereocenters. The third-order valence-corrected chi connectivity index (χ3v) is 5.25. The van der Waals surface area contributed by atoms with Gasteiger partial charge < -0.3 is 0 Å². The van der Waals surface area contributed by atoms with Crippen molar-refractivity contribution in [1.82, 2.24) is 4.98 Å². The van der Waals surface area contributed by atoms with E-state index in [2.05, 4.69) is 36.2 Å². The first-order valence-corrected chi connectivity index (χ1v) is 8.51. The lowest BCUT2D eigenvalue weighted by Gasteiger charge is -2.09. The monoisotopic (exact) mass is 318 g/mol. The maximum atomic E-state index is 12.9. The van der Waals surface area contributed by atoms with Crippen LogP contribution in [0.2, 0.25) is 0 Å². The van der Waals surface area contributed by atoms with E-state index in [9.17, 15) is 4.21 Å². The summed E-state index contributed by atoms with van der Waals surface area (Å²) >= 11 is 0. The van der Waals surface area contributed by atoms with Gasteiger partial charge in [-0.1, -0.05) is 48.0 Å². The summed E-state index contributed by atoms with van der Waals surface area (Å²) in [5, 5.41) is 0.516. The zero-order valence-corrected chi connectivity index (χ0v) is 13.4. The van der Waals surface area contributed by atoms with Gasteiger partial charge in [0, 0.05) is 17.3 Å². The van der Waals surface area contributed by atoms with Crippen molar-refractivity contribution in [2.24, 2.45) is 4.99 Å². The number of rotatable bonds is 1. The van der Waals surface area contributed by atoms with Crippen LogP contribution in [0.1, 0.15) is 16.7 Å². The minimum absolute atomic E-state index is 0.516. The van der Waals surface area contributed by atoms with Crippen LogP contribution in [0.15, 0.2) is 81.8 Å². The number of pyridine rings is 1. The quantitative estimate of drug-likeness (QED) is 0.531. The summed E-state index contributed by atoms with van der Waals surface area (Å²) in [5.74, 6) is 0. The maximum Gasteiger partial charge on any atom is 0.157 e. The van der Waals surface area contributed by atoms with Crippen LogP contribution in [0.5, 0.6) is 0 Å². The Bertz CT molecular complexity index is 946. The van der Waals surface area contributed by atoms with Crippen LogP contribution in [-0.2, 0) is 10.8 Å². The van der Waals surface area contributed by atoms with Crippen molar-refractivity contribution in [2.45, 2.75) is 16.8 Å². The van der Waals surface area contributed by atoms with Crippen molar-refractivity contribution in [3.63, 3.8) is 0 Å². The molecule has 2 heterocycles. The first-order valence-electron chi connectivity index (χ1n) is 7.36. The SMILES string of the molecule is Cc1ccc(C2=Nc3cccnc3S(=O)c3ccccc32)cc1. The molecule has 1 aliphatic rings. The van der Waals surface area contributed by atoms with E-state index in [-0.39, 0.29) is 0 Å². The second-order valence-corrected chi connectivity index (χ2v) is 6.78. The predicted octanol–water partition coefficient (Wildman–Crippen LogP) is 4.04. The molecule has 0 amide bonds. The van der Waals surface area contributed by atoms with E-state index in [0.29, 0.717) is 10.7 Å². The number of aliphatic imine (C=N–C) groups is 1. The fraction of sp³-hybridized carbons (Fsp3) is 0.0526. The van der Waals surface area contributed by atoms with Crippen LogP contribution < -0.4 is 0 Å². The third-order valence-electron chi connectivity index (χ3n) is 3.83. The average molecular weight is 318 g/mol. The molecule has 0 saturated heterocycles. The Morgan fingerprint density at radius 1 is 0.913 bits per heavy atom. The molecule has 1 aromatic heterocycles. The molecule has 0 saturated carbocycles. The third kappa shape index (κ3) is 2.41. The lowest BCUT2D eigenvalue weighted by molar-refractivity contribution is 0.680. The highest BCUT2D eigenvalue weighted by Crippen LogP contribution is 2.32.